The summed E-state index contributed by atoms with van der Waals surface area (Å²) in [4.78, 5) is 13.3. The van der Waals surface area contributed by atoms with E-state index in [-0.39, 0.29) is 12.5 Å². The predicted octanol–water partition coefficient (Wildman–Crippen LogP) is 4.76. The molecule has 1 aromatic carbocycles. The minimum Gasteiger partial charge on any atom is -0.484 e. The molecule has 3 aromatic rings. The van der Waals surface area contributed by atoms with E-state index in [0.29, 0.717) is 10.8 Å². The Labute approximate surface area is 155 Å². The first-order valence-electron chi connectivity index (χ1n) is 7.96. The number of amides is 1. The van der Waals surface area contributed by atoms with Crippen molar-refractivity contribution in [1.29, 1.82) is 0 Å². The fraction of sp³-hybridized carbons (Fsp3) is 0.222. The number of aryl methyl sites for hydroxylation is 1. The normalized spacial score (nSPS) is 10.6. The van der Waals surface area contributed by atoms with Gasteiger partial charge in [-0.15, -0.1) is 11.3 Å². The van der Waals surface area contributed by atoms with Crippen LogP contribution in [0, 0.1) is 0 Å². The van der Waals surface area contributed by atoms with Crippen LogP contribution in [0.1, 0.15) is 19.0 Å². The molecule has 7 heteroatoms. The number of H-pyrrole nitrogens is 1. The van der Waals surface area contributed by atoms with Gasteiger partial charge in [0.1, 0.15) is 11.4 Å². The molecule has 0 spiro atoms. The van der Waals surface area contributed by atoms with Crippen LogP contribution in [0.3, 0.4) is 0 Å². The maximum Gasteiger partial charge on any atom is 0.262 e. The summed E-state index contributed by atoms with van der Waals surface area (Å²) in [6.07, 6.45) is 1.77. The molecule has 1 amide bonds. The van der Waals surface area contributed by atoms with Crippen molar-refractivity contribution in [3.05, 3.63) is 52.5 Å². The number of ether oxygens (including phenoxy) is 1. The van der Waals surface area contributed by atoms with E-state index in [0.717, 1.165) is 34.8 Å². The molecule has 25 heavy (non-hydrogen) atoms. The number of anilines is 1. The zero-order chi connectivity index (χ0) is 17.6. The number of nitrogens with zero attached hydrogens (tertiary/aromatic N) is 1. The van der Waals surface area contributed by atoms with Crippen molar-refractivity contribution in [2.45, 2.75) is 19.8 Å². The third-order valence-electron chi connectivity index (χ3n) is 3.54. The van der Waals surface area contributed by atoms with Crippen molar-refractivity contribution in [3.8, 4) is 16.3 Å². The lowest BCUT2D eigenvalue weighted by atomic mass is 10.2. The lowest BCUT2D eigenvalue weighted by Gasteiger charge is -2.09. The van der Waals surface area contributed by atoms with Gasteiger partial charge in [-0.3, -0.25) is 9.89 Å². The quantitative estimate of drug-likeness (QED) is 0.625. The van der Waals surface area contributed by atoms with Crippen molar-refractivity contribution < 1.29 is 9.53 Å². The summed E-state index contributed by atoms with van der Waals surface area (Å²) in [6.45, 7) is 2.00. The van der Waals surface area contributed by atoms with Crippen LogP contribution < -0.4 is 10.1 Å². The van der Waals surface area contributed by atoms with Crippen LogP contribution >= 0.6 is 22.9 Å². The highest BCUT2D eigenvalue weighted by molar-refractivity contribution is 7.13. The Morgan fingerprint density at radius 2 is 2.12 bits per heavy atom. The van der Waals surface area contributed by atoms with Gasteiger partial charge in [0.15, 0.2) is 6.61 Å². The fourth-order valence-corrected chi connectivity index (χ4v) is 3.24. The van der Waals surface area contributed by atoms with E-state index in [1.54, 1.807) is 35.6 Å². The fourth-order valence-electron chi connectivity index (χ4n) is 2.39. The van der Waals surface area contributed by atoms with Crippen molar-refractivity contribution in [2.75, 3.05) is 11.9 Å². The summed E-state index contributed by atoms with van der Waals surface area (Å²) in [5.41, 5.74) is 2.41. The van der Waals surface area contributed by atoms with Gasteiger partial charge in [0.05, 0.1) is 16.3 Å². The van der Waals surface area contributed by atoms with Gasteiger partial charge in [0.25, 0.3) is 5.91 Å². The molecule has 0 aliphatic rings. The molecule has 0 unspecified atom stereocenters. The number of aromatic amines is 1. The highest BCUT2D eigenvalue weighted by Gasteiger charge is 2.17. The van der Waals surface area contributed by atoms with Gasteiger partial charge in [-0.25, -0.2) is 0 Å². The Morgan fingerprint density at radius 1 is 1.32 bits per heavy atom. The van der Waals surface area contributed by atoms with E-state index in [1.807, 2.05) is 17.5 Å². The van der Waals surface area contributed by atoms with Crippen LogP contribution in [-0.4, -0.2) is 22.7 Å². The van der Waals surface area contributed by atoms with E-state index in [4.69, 9.17) is 16.3 Å². The molecule has 3 rings (SSSR count). The third-order valence-corrected chi connectivity index (χ3v) is 4.67. The van der Waals surface area contributed by atoms with Crippen LogP contribution in [-0.2, 0) is 11.2 Å². The zero-order valence-electron chi connectivity index (χ0n) is 13.7. The van der Waals surface area contributed by atoms with Crippen molar-refractivity contribution in [1.82, 2.24) is 10.2 Å². The van der Waals surface area contributed by atoms with Crippen LogP contribution in [0.25, 0.3) is 10.6 Å². The summed E-state index contributed by atoms with van der Waals surface area (Å²) in [5.74, 6) is 0.366. The summed E-state index contributed by atoms with van der Waals surface area (Å²) in [7, 11) is 0. The Bertz CT molecular complexity index is 829. The Kier molecular flexibility index (Phi) is 5.73. The van der Waals surface area contributed by atoms with Crippen molar-refractivity contribution in [3.63, 3.8) is 0 Å². The number of carbonyl (C=O) groups excluding carboxylic acids is 1. The predicted molar refractivity (Wildman–Crippen MR) is 101 cm³/mol. The van der Waals surface area contributed by atoms with Gasteiger partial charge in [-0.1, -0.05) is 31.0 Å². The average Bonchev–Trinajstić information content (AvgIpc) is 3.25. The summed E-state index contributed by atoms with van der Waals surface area (Å²) >= 11 is 7.42. The summed E-state index contributed by atoms with van der Waals surface area (Å²) in [5, 5.41) is 13.0. The smallest absolute Gasteiger partial charge is 0.262 e. The largest absolute Gasteiger partial charge is 0.484 e. The van der Waals surface area contributed by atoms with E-state index in [9.17, 15) is 4.79 Å². The van der Waals surface area contributed by atoms with E-state index in [1.165, 1.54) is 0 Å². The van der Waals surface area contributed by atoms with E-state index < -0.39 is 0 Å². The monoisotopic (exact) mass is 375 g/mol. The minimum atomic E-state index is -0.230. The molecule has 5 nitrogen and oxygen atoms in total. The lowest BCUT2D eigenvalue weighted by molar-refractivity contribution is -0.118. The number of benzene rings is 1. The molecular formula is C18H18ClN3O2S. The molecule has 0 aliphatic carbocycles. The lowest BCUT2D eigenvalue weighted by Crippen LogP contribution is -2.21. The molecule has 2 N–H and O–H groups in total. The molecule has 0 fully saturated rings. The molecule has 130 valence electrons. The van der Waals surface area contributed by atoms with E-state index >= 15 is 0 Å². The second-order valence-electron chi connectivity index (χ2n) is 5.44. The van der Waals surface area contributed by atoms with Crippen molar-refractivity contribution >= 4 is 34.5 Å². The number of rotatable bonds is 7. The second kappa shape index (κ2) is 8.18. The number of aromatic nitrogens is 2. The van der Waals surface area contributed by atoms with Gasteiger partial charge < -0.3 is 10.1 Å². The first-order chi connectivity index (χ1) is 12.2. The molecular weight excluding hydrogens is 358 g/mol. The van der Waals surface area contributed by atoms with Gasteiger partial charge >= 0.3 is 0 Å². The molecule has 0 aliphatic heterocycles. The standard InChI is InChI=1S/C18H18ClN3O2S/c1-2-4-14-17(18(22-21-14)15-5-3-10-25-15)20-16(23)11-24-13-8-6-12(19)7-9-13/h3,5-10H,2,4,11H2,1H3,(H,20,23)(H,21,22). The molecule has 0 atom stereocenters. The molecule has 2 heterocycles. The molecule has 2 aromatic heterocycles. The first kappa shape index (κ1) is 17.5. The first-order valence-corrected chi connectivity index (χ1v) is 9.22. The zero-order valence-corrected chi connectivity index (χ0v) is 15.3. The highest BCUT2D eigenvalue weighted by atomic mass is 35.5. The third kappa shape index (κ3) is 4.41. The van der Waals surface area contributed by atoms with Gasteiger partial charge in [0, 0.05) is 5.02 Å². The molecule has 0 saturated heterocycles. The number of thiophene rings is 1. The maximum atomic E-state index is 12.3. The van der Waals surface area contributed by atoms with Crippen molar-refractivity contribution in [2.24, 2.45) is 0 Å². The van der Waals surface area contributed by atoms with Gasteiger partial charge in [-0.05, 0) is 42.1 Å². The topological polar surface area (TPSA) is 67.0 Å². The highest BCUT2D eigenvalue weighted by Crippen LogP contribution is 2.32. The summed E-state index contributed by atoms with van der Waals surface area (Å²) in [6, 6.07) is 10.8. The second-order valence-corrected chi connectivity index (χ2v) is 6.83. The average molecular weight is 376 g/mol. The van der Waals surface area contributed by atoms with Crippen LogP contribution in [0.5, 0.6) is 5.75 Å². The molecule has 0 radical (unpaired) electrons. The molecule has 0 bridgehead atoms. The van der Waals surface area contributed by atoms with E-state index in [2.05, 4.69) is 22.4 Å². The van der Waals surface area contributed by atoms with Gasteiger partial charge in [-0.2, -0.15) is 5.10 Å². The number of halogens is 1. The minimum absolute atomic E-state index is 0.0811. The van der Waals surface area contributed by atoms with Crippen LogP contribution in [0.4, 0.5) is 5.69 Å². The number of carbonyl (C=O) groups is 1. The van der Waals surface area contributed by atoms with Crippen LogP contribution in [0.2, 0.25) is 5.02 Å². The molecule has 0 saturated carbocycles. The number of hydrogen-bond acceptors (Lipinski definition) is 4. The number of hydrogen-bond donors (Lipinski definition) is 2. The number of nitrogens with one attached hydrogen (secondary N) is 2. The SMILES string of the molecule is CCCc1[nH]nc(-c2cccs2)c1NC(=O)COc1ccc(Cl)cc1. The Balaban J connectivity index is 1.71. The maximum absolute atomic E-state index is 12.3. The summed E-state index contributed by atoms with van der Waals surface area (Å²) < 4.78 is 5.50. The Morgan fingerprint density at radius 3 is 2.80 bits per heavy atom. The van der Waals surface area contributed by atoms with Crippen LogP contribution in [0.15, 0.2) is 41.8 Å². The Hall–Kier alpha value is -2.31. The van der Waals surface area contributed by atoms with Gasteiger partial charge in [0.2, 0.25) is 0 Å².